The largest absolute Gasteiger partial charge is 0.404 e. The highest BCUT2D eigenvalue weighted by molar-refractivity contribution is 6.99. The molecule has 0 spiro atoms. The Bertz CT molecular complexity index is 1610. The molecule has 1 fully saturated rings. The van der Waals surface area contributed by atoms with E-state index in [1.54, 1.807) is 6.92 Å². The van der Waals surface area contributed by atoms with E-state index >= 15 is 0 Å². The molecule has 0 saturated carbocycles. The van der Waals surface area contributed by atoms with Crippen molar-refractivity contribution in [3.05, 3.63) is 104 Å². The molecule has 3 aromatic rings. The summed E-state index contributed by atoms with van der Waals surface area (Å²) < 4.78 is 28.9. The molecular formula is C35H50N6O6Si. The average Bonchev–Trinajstić information content (AvgIpc) is 3.37. The summed E-state index contributed by atoms with van der Waals surface area (Å²) in [5.74, 6) is 5.91. The van der Waals surface area contributed by atoms with Crippen LogP contribution in [-0.4, -0.2) is 61.7 Å². The maximum absolute atomic E-state index is 13.5. The Morgan fingerprint density at radius 3 is 2.10 bits per heavy atom. The summed E-state index contributed by atoms with van der Waals surface area (Å²) in [4.78, 5) is 29.2. The van der Waals surface area contributed by atoms with Crippen LogP contribution in [0.15, 0.2) is 81.6 Å². The summed E-state index contributed by atoms with van der Waals surface area (Å²) in [6, 6.07) is 19.5. The number of hydrogen-bond donors (Lipinski definition) is 1. The smallest absolute Gasteiger partial charge is 0.351 e. The third-order valence-electron chi connectivity index (χ3n) is 8.99. The second-order valence-corrected chi connectivity index (χ2v) is 17.8. The van der Waals surface area contributed by atoms with Crippen molar-refractivity contribution in [2.24, 2.45) is 5.11 Å². The van der Waals surface area contributed by atoms with E-state index in [2.05, 4.69) is 68.9 Å². The van der Waals surface area contributed by atoms with Crippen molar-refractivity contribution in [2.45, 2.75) is 96.2 Å². The predicted molar refractivity (Wildman–Crippen MR) is 190 cm³/mol. The van der Waals surface area contributed by atoms with Crippen molar-refractivity contribution in [3.63, 3.8) is 0 Å². The lowest BCUT2D eigenvalue weighted by Crippen LogP contribution is -2.68. The van der Waals surface area contributed by atoms with Gasteiger partial charge in [0.2, 0.25) is 0 Å². The van der Waals surface area contributed by atoms with Gasteiger partial charge in [0.25, 0.3) is 13.9 Å². The van der Waals surface area contributed by atoms with E-state index in [-0.39, 0.29) is 23.8 Å². The second kappa shape index (κ2) is 16.1. The lowest BCUT2D eigenvalue weighted by molar-refractivity contribution is -0.169. The molecule has 0 bridgehead atoms. The van der Waals surface area contributed by atoms with E-state index in [0.717, 1.165) is 36.1 Å². The van der Waals surface area contributed by atoms with Gasteiger partial charge in [-0.05, 0) is 40.7 Å². The second-order valence-electron chi connectivity index (χ2n) is 13.4. The van der Waals surface area contributed by atoms with Gasteiger partial charge in [-0.3, -0.25) is 9.36 Å². The first-order valence-corrected chi connectivity index (χ1v) is 18.6. The zero-order valence-electron chi connectivity index (χ0n) is 29.0. The van der Waals surface area contributed by atoms with Gasteiger partial charge in [0.1, 0.15) is 17.7 Å². The Balaban J connectivity index is 1.94. The van der Waals surface area contributed by atoms with Gasteiger partial charge in [-0.25, -0.2) is 4.79 Å². The molecule has 4 atom stereocenters. The van der Waals surface area contributed by atoms with E-state index in [4.69, 9.17) is 24.5 Å². The van der Waals surface area contributed by atoms with Gasteiger partial charge in [-0.1, -0.05) is 113 Å². The van der Waals surface area contributed by atoms with Crippen LogP contribution in [0, 0.1) is 6.92 Å². The number of benzene rings is 2. The Morgan fingerprint density at radius 1 is 0.979 bits per heavy atom. The van der Waals surface area contributed by atoms with Gasteiger partial charge < -0.3 is 24.5 Å². The molecule has 13 heteroatoms. The highest BCUT2D eigenvalue weighted by atomic mass is 28.4. The number of ether oxygens (including phenoxy) is 3. The fraction of sp³-hybridized carbons (Fsp3) is 0.543. The Hall–Kier alpha value is -3.71. The van der Waals surface area contributed by atoms with Crippen molar-refractivity contribution in [2.75, 3.05) is 32.3 Å². The van der Waals surface area contributed by atoms with Crippen LogP contribution in [0.3, 0.4) is 0 Å². The molecule has 260 valence electrons. The maximum atomic E-state index is 13.5. The minimum Gasteiger partial charge on any atom is -0.404 e. The quantitative estimate of drug-likeness (QED) is 0.0582. The molecule has 1 aromatic heterocycles. The van der Waals surface area contributed by atoms with Gasteiger partial charge in [-0.15, -0.1) is 0 Å². The summed E-state index contributed by atoms with van der Waals surface area (Å²) in [6.45, 7) is 13.1. The monoisotopic (exact) mass is 678 g/mol. The first kappa shape index (κ1) is 37.1. The van der Waals surface area contributed by atoms with Crippen LogP contribution in [0.4, 0.5) is 0 Å². The molecule has 0 aliphatic carbocycles. The highest BCUT2D eigenvalue weighted by Crippen LogP contribution is 2.44. The third-order valence-corrected chi connectivity index (χ3v) is 14.0. The van der Waals surface area contributed by atoms with E-state index in [9.17, 15) is 15.1 Å². The van der Waals surface area contributed by atoms with Gasteiger partial charge in [0.15, 0.2) is 6.23 Å². The van der Waals surface area contributed by atoms with Crippen molar-refractivity contribution in [1.29, 1.82) is 0 Å². The Kier molecular flexibility index (Phi) is 12.5. The number of hydrogen-bond acceptors (Lipinski definition) is 8. The number of nitrogens with two attached hydrogens (primary N) is 1. The molecule has 4 rings (SSSR count). The lowest BCUT2D eigenvalue weighted by Gasteiger charge is -2.45. The summed E-state index contributed by atoms with van der Waals surface area (Å²) in [5.41, 5.74) is 7.28. The van der Waals surface area contributed by atoms with E-state index in [0.29, 0.717) is 17.9 Å². The number of unbranched alkanes of at least 4 members (excludes halogenated alkanes) is 2. The summed E-state index contributed by atoms with van der Waals surface area (Å²) >= 11 is 0. The normalized spacial score (nSPS) is 21.2. The molecule has 1 unspecified atom stereocenters. The predicted octanol–water partition coefficient (Wildman–Crippen LogP) is 4.56. The maximum Gasteiger partial charge on any atom is 0.351 e. The topological polar surface area (TPSA) is 156 Å². The number of nitrogen functional groups attached to an aromatic ring is 1. The SMILES string of the molecule is CCCCOC[C@@]1(CO[Si](c2ccccc2)(c2ccccc2)C(C)(C)C)O[C@@H](n2cc(C)c(=O)n(N)c2=O)C(N=[N+]=[N-])[C@H]1OCCCC. The molecule has 1 saturated heterocycles. The molecular weight excluding hydrogens is 629 g/mol. The highest BCUT2D eigenvalue weighted by Gasteiger charge is 2.60. The van der Waals surface area contributed by atoms with Crippen molar-refractivity contribution < 1.29 is 18.6 Å². The van der Waals surface area contributed by atoms with Crippen LogP contribution in [0.2, 0.25) is 5.04 Å². The summed E-state index contributed by atoms with van der Waals surface area (Å²) in [6.07, 6.45) is 2.74. The lowest BCUT2D eigenvalue weighted by atomic mass is 9.95. The average molecular weight is 679 g/mol. The van der Waals surface area contributed by atoms with Gasteiger partial charge in [0.05, 0.1) is 13.2 Å². The number of aryl methyl sites for hydroxylation is 1. The van der Waals surface area contributed by atoms with Gasteiger partial charge >= 0.3 is 5.69 Å². The summed E-state index contributed by atoms with van der Waals surface area (Å²) in [5, 5.41) is 5.97. The van der Waals surface area contributed by atoms with Gasteiger partial charge in [-0.2, -0.15) is 4.68 Å². The molecule has 2 N–H and O–H groups in total. The zero-order chi connectivity index (χ0) is 35.0. The molecule has 12 nitrogen and oxygen atoms in total. The molecule has 0 amide bonds. The standard InChI is InChI=1S/C35H50N6O6Si/c1-7-9-21-44-24-35(25-46-48(34(4,5)6,27-17-13-11-14-18-27)28-19-15-12-16-20-28)30(45-22-10-8-2)29(38-39-36)32(47-35)40-23-26(3)31(42)41(37)33(40)43/h11-20,23,29-30,32H,7-10,21-22,24-25,37H2,1-6H3/t29?,30-,32-,35+/m1/s1. The Morgan fingerprint density at radius 2 is 1.56 bits per heavy atom. The number of azide groups is 1. The molecule has 2 aromatic carbocycles. The Labute approximate surface area is 283 Å². The molecule has 1 aliphatic rings. The van der Waals surface area contributed by atoms with Crippen molar-refractivity contribution >= 4 is 18.7 Å². The van der Waals surface area contributed by atoms with Crippen molar-refractivity contribution in [1.82, 2.24) is 9.24 Å². The van der Waals surface area contributed by atoms with Gasteiger partial charge in [0, 0.05) is 29.9 Å². The fourth-order valence-corrected chi connectivity index (χ4v) is 11.1. The minimum atomic E-state index is -3.09. The molecule has 48 heavy (non-hydrogen) atoms. The van der Waals surface area contributed by atoms with Crippen LogP contribution in [0.1, 0.15) is 72.1 Å². The first-order valence-electron chi connectivity index (χ1n) is 16.7. The van der Waals surface area contributed by atoms with E-state index in [1.807, 2.05) is 36.4 Å². The number of rotatable bonds is 16. The third kappa shape index (κ3) is 7.46. The first-order chi connectivity index (χ1) is 23.0. The van der Waals surface area contributed by atoms with Crippen LogP contribution >= 0.6 is 0 Å². The number of aromatic nitrogens is 2. The summed E-state index contributed by atoms with van der Waals surface area (Å²) in [7, 11) is -3.09. The molecule has 2 heterocycles. The van der Waals surface area contributed by atoms with Crippen LogP contribution in [0.5, 0.6) is 0 Å². The van der Waals surface area contributed by atoms with E-state index < -0.39 is 43.5 Å². The molecule has 0 radical (unpaired) electrons. The zero-order valence-corrected chi connectivity index (χ0v) is 30.0. The fourth-order valence-electron chi connectivity index (χ4n) is 6.50. The van der Waals surface area contributed by atoms with Crippen LogP contribution in [-0.2, 0) is 18.6 Å². The van der Waals surface area contributed by atoms with Crippen molar-refractivity contribution in [3.8, 4) is 0 Å². The van der Waals surface area contributed by atoms with E-state index in [1.165, 1.54) is 10.8 Å². The van der Waals surface area contributed by atoms with Crippen LogP contribution in [0.25, 0.3) is 10.4 Å². The molecule has 1 aliphatic heterocycles. The van der Waals surface area contributed by atoms with Crippen LogP contribution < -0.4 is 27.5 Å². The minimum absolute atomic E-state index is 0.00709. The number of nitrogens with zero attached hydrogens (tertiary/aromatic N) is 5.